The molecule has 0 unspecified atom stereocenters. The van der Waals surface area contributed by atoms with Gasteiger partial charge in [0.15, 0.2) is 0 Å². The van der Waals surface area contributed by atoms with Gasteiger partial charge in [-0.15, -0.1) is 47.0 Å². The minimum absolute atomic E-state index is 1.20. The molecule has 12 heteroatoms. The van der Waals surface area contributed by atoms with Crippen LogP contribution in [0.2, 0.25) is 0 Å². The summed E-state index contributed by atoms with van der Waals surface area (Å²) in [6.45, 7) is 8.96. The standard InChI is InChI=1S/C21H24S12/c1-10-11(2)27-18(26-10)20-30-14(22-5)16(32-20)24-8-7-9-25-17-15(23-6)31-21(33-17)19-28-12(3)13(4)29-19/h7-9H2,1-6H3. The molecule has 4 aliphatic rings. The van der Waals surface area contributed by atoms with Crippen LogP contribution in [-0.2, 0) is 0 Å². The predicted octanol–water partition coefficient (Wildman–Crippen LogP) is 12.5. The van der Waals surface area contributed by atoms with Gasteiger partial charge >= 0.3 is 0 Å². The highest BCUT2D eigenvalue weighted by atomic mass is 32.3. The number of allylic oxidation sites excluding steroid dienone is 4. The summed E-state index contributed by atoms with van der Waals surface area (Å²) in [7, 11) is 0. The summed E-state index contributed by atoms with van der Waals surface area (Å²) in [5, 5.41) is 0. The Kier molecular flexibility index (Phi) is 11.8. The molecular formula is C21H24S12. The maximum Gasteiger partial charge on any atom is 0.0717 e. The van der Waals surface area contributed by atoms with Crippen molar-refractivity contribution in [2.24, 2.45) is 0 Å². The highest BCUT2D eigenvalue weighted by Crippen LogP contribution is 2.64. The Bertz CT molecular complexity index is 898. The Balaban J connectivity index is 1.24. The lowest BCUT2D eigenvalue weighted by atomic mass is 10.6. The Labute approximate surface area is 249 Å². The Hall–Kier alpha value is 2.64. The summed E-state index contributed by atoms with van der Waals surface area (Å²) in [6.07, 6.45) is 5.67. The zero-order valence-corrected chi connectivity index (χ0v) is 28.8. The van der Waals surface area contributed by atoms with Gasteiger partial charge in [0.1, 0.15) is 0 Å². The lowest BCUT2D eigenvalue weighted by Crippen LogP contribution is -1.84. The van der Waals surface area contributed by atoms with E-state index in [0.29, 0.717) is 0 Å². The lowest BCUT2D eigenvalue weighted by Gasteiger charge is -2.05. The van der Waals surface area contributed by atoms with Crippen molar-refractivity contribution in [1.82, 2.24) is 0 Å². The summed E-state index contributed by atoms with van der Waals surface area (Å²) in [4.78, 5) is 5.83. The molecule has 0 saturated heterocycles. The van der Waals surface area contributed by atoms with Crippen molar-refractivity contribution >= 4 is 141 Å². The molecule has 0 spiro atoms. The molecule has 4 heterocycles. The summed E-state index contributed by atoms with van der Waals surface area (Å²) < 4.78 is 11.9. The Morgan fingerprint density at radius 1 is 0.455 bits per heavy atom. The lowest BCUT2D eigenvalue weighted by molar-refractivity contribution is 1.13. The van der Waals surface area contributed by atoms with Crippen molar-refractivity contribution in [2.75, 3.05) is 24.0 Å². The van der Waals surface area contributed by atoms with Gasteiger partial charge in [-0.05, 0) is 77.8 Å². The van der Waals surface area contributed by atoms with Gasteiger partial charge in [-0.1, -0.05) is 94.1 Å². The zero-order valence-electron chi connectivity index (χ0n) is 19.0. The number of hydrogen-bond acceptors (Lipinski definition) is 12. The maximum absolute atomic E-state index is 2.24. The molecule has 0 amide bonds. The molecule has 0 bridgehead atoms. The van der Waals surface area contributed by atoms with Crippen LogP contribution in [0.1, 0.15) is 34.1 Å². The molecule has 0 radical (unpaired) electrons. The monoisotopic (exact) mass is 660 g/mol. The van der Waals surface area contributed by atoms with Crippen LogP contribution in [-0.4, -0.2) is 24.0 Å². The molecule has 4 rings (SSSR count). The van der Waals surface area contributed by atoms with E-state index >= 15 is 0 Å². The van der Waals surface area contributed by atoms with Gasteiger partial charge in [0, 0.05) is 0 Å². The van der Waals surface area contributed by atoms with Gasteiger partial charge in [-0.2, -0.15) is 0 Å². The van der Waals surface area contributed by atoms with E-state index in [9.17, 15) is 0 Å². The minimum atomic E-state index is 1.20. The van der Waals surface area contributed by atoms with Crippen LogP contribution >= 0.6 is 141 Å². The molecule has 0 N–H and O–H groups in total. The second kappa shape index (κ2) is 13.6. The van der Waals surface area contributed by atoms with E-state index in [-0.39, 0.29) is 0 Å². The SMILES string of the molecule is CSC1=C(SCCCSC2=C(SC)SC(=C3SC(C)=C(C)S3)S2)SC(=C2SC(C)=C(C)S2)S1. The first kappa shape index (κ1) is 28.6. The molecule has 0 fully saturated rings. The molecular weight excluding hydrogens is 637 g/mol. The van der Waals surface area contributed by atoms with E-state index in [1.165, 1.54) is 71.4 Å². The fourth-order valence-corrected chi connectivity index (χ4v) is 19.3. The van der Waals surface area contributed by atoms with Crippen LogP contribution in [0.15, 0.2) is 53.5 Å². The molecule has 0 saturated carbocycles. The van der Waals surface area contributed by atoms with E-state index < -0.39 is 0 Å². The minimum Gasteiger partial charge on any atom is -0.121 e. The molecule has 180 valence electrons. The average molecular weight is 661 g/mol. The van der Waals surface area contributed by atoms with E-state index in [2.05, 4.69) is 63.7 Å². The van der Waals surface area contributed by atoms with E-state index in [4.69, 9.17) is 0 Å². The van der Waals surface area contributed by atoms with Crippen LogP contribution in [0.25, 0.3) is 0 Å². The molecule has 0 aromatic carbocycles. The molecule has 0 aromatic rings. The third-order valence-electron chi connectivity index (χ3n) is 4.51. The van der Waals surface area contributed by atoms with Gasteiger partial charge < -0.3 is 0 Å². The van der Waals surface area contributed by atoms with Crippen molar-refractivity contribution in [2.45, 2.75) is 34.1 Å². The first-order chi connectivity index (χ1) is 15.9. The van der Waals surface area contributed by atoms with E-state index in [1.807, 2.05) is 118 Å². The first-order valence-corrected chi connectivity index (χ1v) is 20.9. The predicted molar refractivity (Wildman–Crippen MR) is 182 cm³/mol. The smallest absolute Gasteiger partial charge is 0.0717 e. The molecule has 4 aliphatic heterocycles. The molecule has 0 aromatic heterocycles. The first-order valence-electron chi connectivity index (χ1n) is 9.98. The van der Waals surface area contributed by atoms with Crippen molar-refractivity contribution in [3.63, 3.8) is 0 Å². The third kappa shape index (κ3) is 7.40. The highest BCUT2D eigenvalue weighted by molar-refractivity contribution is 8.43. The van der Waals surface area contributed by atoms with Gasteiger partial charge in [-0.25, -0.2) is 0 Å². The van der Waals surface area contributed by atoms with Crippen LogP contribution in [0.3, 0.4) is 0 Å². The summed E-state index contributed by atoms with van der Waals surface area (Å²) >= 11 is 23.7. The van der Waals surface area contributed by atoms with Crippen LogP contribution in [0.5, 0.6) is 0 Å². The maximum atomic E-state index is 2.24. The van der Waals surface area contributed by atoms with Gasteiger partial charge in [0.05, 0.1) is 33.9 Å². The molecule has 0 aliphatic carbocycles. The van der Waals surface area contributed by atoms with Crippen molar-refractivity contribution < 1.29 is 0 Å². The highest BCUT2D eigenvalue weighted by Gasteiger charge is 2.29. The van der Waals surface area contributed by atoms with Crippen LogP contribution in [0, 0.1) is 0 Å². The quantitative estimate of drug-likeness (QED) is 0.227. The number of hydrogen-bond donors (Lipinski definition) is 0. The average Bonchev–Trinajstić information content (AvgIpc) is 3.55. The normalized spacial score (nSPS) is 22.0. The van der Waals surface area contributed by atoms with E-state index in [0.717, 1.165) is 0 Å². The summed E-state index contributed by atoms with van der Waals surface area (Å²) in [5.41, 5.74) is 0. The van der Waals surface area contributed by atoms with Crippen LogP contribution < -0.4 is 0 Å². The van der Waals surface area contributed by atoms with E-state index in [1.54, 1.807) is 0 Å². The van der Waals surface area contributed by atoms with Gasteiger partial charge in [-0.3, -0.25) is 0 Å². The molecule has 33 heavy (non-hydrogen) atoms. The topological polar surface area (TPSA) is 0 Å². The second-order valence-electron chi connectivity index (χ2n) is 6.80. The fraction of sp³-hybridized carbons (Fsp3) is 0.429. The van der Waals surface area contributed by atoms with Crippen LogP contribution in [0.4, 0.5) is 0 Å². The second-order valence-corrected chi connectivity index (χ2v) is 21.7. The van der Waals surface area contributed by atoms with Gasteiger partial charge in [0.2, 0.25) is 0 Å². The number of thioether (sulfide) groups is 12. The largest absolute Gasteiger partial charge is 0.121 e. The summed E-state index contributed by atoms with van der Waals surface area (Å²) in [5.74, 6) is 2.39. The Morgan fingerprint density at radius 2 is 0.758 bits per heavy atom. The third-order valence-corrected chi connectivity index (χ3v) is 21.7. The molecule has 0 atom stereocenters. The van der Waals surface area contributed by atoms with Crippen molar-refractivity contribution in [3.8, 4) is 0 Å². The van der Waals surface area contributed by atoms with Gasteiger partial charge in [0.25, 0.3) is 0 Å². The molecule has 0 nitrogen and oxygen atoms in total. The Morgan fingerprint density at radius 3 is 1.09 bits per heavy atom. The number of rotatable bonds is 8. The fourth-order valence-electron chi connectivity index (χ4n) is 2.58. The summed E-state index contributed by atoms with van der Waals surface area (Å²) in [6, 6.07) is 0. The zero-order chi connectivity index (χ0) is 23.5. The van der Waals surface area contributed by atoms with Crippen molar-refractivity contribution in [1.29, 1.82) is 0 Å². The van der Waals surface area contributed by atoms with Crippen molar-refractivity contribution in [3.05, 3.63) is 53.5 Å².